The number of carbonyl (C=O) groups is 1. The van der Waals surface area contributed by atoms with E-state index >= 15 is 0 Å². The molecule has 10 heavy (non-hydrogen) atoms. The fourth-order valence-corrected chi connectivity index (χ4v) is 0.754. The van der Waals surface area contributed by atoms with Gasteiger partial charge in [0.25, 0.3) is 0 Å². The second-order valence-corrected chi connectivity index (χ2v) is 2.18. The van der Waals surface area contributed by atoms with Crippen molar-refractivity contribution >= 4 is 22.5 Å². The molecule has 0 bridgehead atoms. The summed E-state index contributed by atoms with van der Waals surface area (Å²) >= 11 is 1.15. The van der Waals surface area contributed by atoms with Crippen molar-refractivity contribution in [1.82, 2.24) is 15.5 Å². The fourth-order valence-electron chi connectivity index (χ4n) is 0.360. The lowest BCUT2D eigenvalue weighted by Gasteiger charge is -1.95. The first-order valence-corrected chi connectivity index (χ1v) is 3.33. The number of rotatable bonds is 1. The Labute approximate surface area is 61.5 Å². The van der Waals surface area contributed by atoms with Gasteiger partial charge in [0.05, 0.1) is 0 Å². The quantitative estimate of drug-likeness (QED) is 0.607. The first kappa shape index (κ1) is 6.94. The Morgan fingerprint density at radius 2 is 2.60 bits per heavy atom. The third kappa shape index (κ3) is 1.66. The molecule has 1 radical (unpaired) electrons. The van der Waals surface area contributed by atoms with E-state index in [1.807, 2.05) is 0 Å². The van der Waals surface area contributed by atoms with Crippen molar-refractivity contribution in [3.05, 3.63) is 5.51 Å². The average molecular weight is 157 g/mol. The minimum Gasteiger partial charge on any atom is -0.341 e. The van der Waals surface area contributed by atoms with Gasteiger partial charge in [0.2, 0.25) is 5.13 Å². The highest BCUT2D eigenvalue weighted by molar-refractivity contribution is 7.13. The van der Waals surface area contributed by atoms with E-state index in [0.717, 1.165) is 11.3 Å². The maximum absolute atomic E-state index is 10.6. The van der Waals surface area contributed by atoms with E-state index in [4.69, 9.17) is 0 Å². The standard InChI is InChI=1S/C4H5N4OS/c1-5-3(9)7-4-8-6-2-10-4/h1H3,(H2,5,7,8,9). The molecule has 0 spiro atoms. The molecule has 2 amide bonds. The van der Waals surface area contributed by atoms with Crippen molar-refractivity contribution in [2.45, 2.75) is 0 Å². The number of carbonyl (C=O) groups excluding carboxylic acids is 1. The van der Waals surface area contributed by atoms with Gasteiger partial charge in [0, 0.05) is 7.05 Å². The predicted octanol–water partition coefficient (Wildman–Crippen LogP) is 0.0896. The fraction of sp³-hybridized carbons (Fsp3) is 0.250. The Balaban J connectivity index is 2.48. The summed E-state index contributed by atoms with van der Waals surface area (Å²) in [5, 5.41) is 12.2. The summed E-state index contributed by atoms with van der Waals surface area (Å²) in [6.07, 6.45) is 0. The van der Waals surface area contributed by atoms with Crippen LogP contribution in [0.3, 0.4) is 0 Å². The second-order valence-electron chi connectivity index (χ2n) is 1.40. The molecule has 6 heteroatoms. The molecule has 0 aliphatic carbocycles. The minimum absolute atomic E-state index is 0.301. The number of amides is 2. The smallest absolute Gasteiger partial charge is 0.320 e. The van der Waals surface area contributed by atoms with E-state index in [0.29, 0.717) is 5.13 Å². The summed E-state index contributed by atoms with van der Waals surface area (Å²) in [5.41, 5.74) is 2.50. The maximum Gasteiger partial charge on any atom is 0.320 e. The third-order valence-electron chi connectivity index (χ3n) is 0.771. The van der Waals surface area contributed by atoms with Crippen LogP contribution in [0, 0.1) is 5.51 Å². The van der Waals surface area contributed by atoms with E-state index in [1.54, 1.807) is 0 Å². The van der Waals surface area contributed by atoms with Crippen LogP contribution in [0.5, 0.6) is 0 Å². The van der Waals surface area contributed by atoms with Gasteiger partial charge in [-0.1, -0.05) is 11.3 Å². The first-order valence-electron chi connectivity index (χ1n) is 2.51. The van der Waals surface area contributed by atoms with Crippen molar-refractivity contribution in [3.63, 3.8) is 0 Å². The molecule has 2 N–H and O–H groups in total. The lowest BCUT2D eigenvalue weighted by molar-refractivity contribution is 0.254. The largest absolute Gasteiger partial charge is 0.341 e. The molecular weight excluding hydrogens is 152 g/mol. The zero-order valence-electron chi connectivity index (χ0n) is 5.21. The van der Waals surface area contributed by atoms with Crippen molar-refractivity contribution in [2.24, 2.45) is 0 Å². The van der Waals surface area contributed by atoms with Gasteiger partial charge in [-0.2, -0.15) is 0 Å². The molecule has 0 saturated carbocycles. The molecule has 0 aliphatic rings. The molecule has 0 unspecified atom stereocenters. The van der Waals surface area contributed by atoms with Crippen LogP contribution in [0.15, 0.2) is 0 Å². The van der Waals surface area contributed by atoms with Gasteiger partial charge in [0.15, 0.2) is 5.51 Å². The molecule has 0 saturated heterocycles. The molecule has 1 heterocycles. The van der Waals surface area contributed by atoms with Gasteiger partial charge < -0.3 is 5.32 Å². The van der Waals surface area contributed by atoms with Crippen molar-refractivity contribution in [2.75, 3.05) is 12.4 Å². The van der Waals surface area contributed by atoms with E-state index in [1.165, 1.54) is 7.05 Å². The summed E-state index contributed by atoms with van der Waals surface area (Å²) in [5.74, 6) is 0. The number of aromatic nitrogens is 2. The van der Waals surface area contributed by atoms with Crippen LogP contribution in [-0.2, 0) is 0 Å². The highest BCUT2D eigenvalue weighted by Crippen LogP contribution is 2.05. The summed E-state index contributed by atoms with van der Waals surface area (Å²) in [4.78, 5) is 10.6. The number of nitrogens with one attached hydrogen (secondary N) is 2. The zero-order chi connectivity index (χ0) is 7.40. The van der Waals surface area contributed by atoms with Crippen LogP contribution < -0.4 is 10.6 Å². The normalized spacial score (nSPS) is 8.90. The SMILES string of the molecule is CNC(=O)Nc1nn[c]s1. The lowest BCUT2D eigenvalue weighted by Crippen LogP contribution is -2.24. The van der Waals surface area contributed by atoms with Gasteiger partial charge in [-0.05, 0) is 0 Å². The van der Waals surface area contributed by atoms with Crippen LogP contribution in [-0.4, -0.2) is 23.3 Å². The monoisotopic (exact) mass is 157 g/mol. The van der Waals surface area contributed by atoms with Gasteiger partial charge in [0.1, 0.15) is 0 Å². The van der Waals surface area contributed by atoms with Crippen molar-refractivity contribution in [3.8, 4) is 0 Å². The molecule has 53 valence electrons. The number of hydrogen-bond acceptors (Lipinski definition) is 4. The molecule has 1 aromatic rings. The molecule has 0 fully saturated rings. The van der Waals surface area contributed by atoms with Gasteiger partial charge in [-0.25, -0.2) is 4.79 Å². The number of anilines is 1. The first-order chi connectivity index (χ1) is 4.83. The van der Waals surface area contributed by atoms with E-state index in [2.05, 4.69) is 26.3 Å². The Morgan fingerprint density at radius 1 is 1.80 bits per heavy atom. The van der Waals surface area contributed by atoms with E-state index in [9.17, 15) is 4.79 Å². The second kappa shape index (κ2) is 3.11. The number of nitrogens with zero attached hydrogens (tertiary/aromatic N) is 2. The van der Waals surface area contributed by atoms with Crippen LogP contribution in [0.2, 0.25) is 0 Å². The van der Waals surface area contributed by atoms with E-state index < -0.39 is 0 Å². The minimum atomic E-state index is -0.301. The molecule has 1 rings (SSSR count). The molecule has 0 atom stereocenters. The van der Waals surface area contributed by atoms with Crippen LogP contribution in [0.1, 0.15) is 0 Å². The zero-order valence-corrected chi connectivity index (χ0v) is 6.03. The third-order valence-corrected chi connectivity index (χ3v) is 1.32. The van der Waals surface area contributed by atoms with Crippen molar-refractivity contribution < 1.29 is 4.79 Å². The Bertz CT molecular complexity index is 209. The molecule has 0 aromatic carbocycles. The van der Waals surface area contributed by atoms with Crippen LogP contribution >= 0.6 is 11.3 Å². The molecule has 1 aromatic heterocycles. The highest BCUT2D eigenvalue weighted by Gasteiger charge is 1.99. The summed E-state index contributed by atoms with van der Waals surface area (Å²) < 4.78 is 0. The average Bonchev–Trinajstić information content (AvgIpc) is 2.40. The maximum atomic E-state index is 10.6. The molecular formula is C4H5N4OS. The summed E-state index contributed by atoms with van der Waals surface area (Å²) in [6.45, 7) is 0. The number of urea groups is 1. The summed E-state index contributed by atoms with van der Waals surface area (Å²) in [7, 11) is 1.53. The van der Waals surface area contributed by atoms with Crippen LogP contribution in [0.4, 0.5) is 9.93 Å². The Kier molecular flexibility index (Phi) is 2.16. The topological polar surface area (TPSA) is 66.9 Å². The van der Waals surface area contributed by atoms with Crippen LogP contribution in [0.25, 0.3) is 0 Å². The highest BCUT2D eigenvalue weighted by atomic mass is 32.1. The predicted molar refractivity (Wildman–Crippen MR) is 36.8 cm³/mol. The Hall–Kier alpha value is -1.17. The van der Waals surface area contributed by atoms with Gasteiger partial charge >= 0.3 is 6.03 Å². The molecule has 0 aliphatic heterocycles. The van der Waals surface area contributed by atoms with Gasteiger partial charge in [-0.3, -0.25) is 5.32 Å². The van der Waals surface area contributed by atoms with Gasteiger partial charge in [-0.15, -0.1) is 10.2 Å². The van der Waals surface area contributed by atoms with E-state index in [-0.39, 0.29) is 6.03 Å². The number of hydrogen-bond donors (Lipinski definition) is 2. The van der Waals surface area contributed by atoms with Crippen molar-refractivity contribution in [1.29, 1.82) is 0 Å². The lowest BCUT2D eigenvalue weighted by atomic mass is 10.9. The molecule has 5 nitrogen and oxygen atoms in total. The summed E-state index contributed by atoms with van der Waals surface area (Å²) in [6, 6.07) is -0.301. The Morgan fingerprint density at radius 3 is 3.10 bits per heavy atom.